The van der Waals surface area contributed by atoms with E-state index in [0.29, 0.717) is 25.6 Å². The average molecular weight is 357 g/mol. The molecule has 2 unspecified atom stereocenters. The van der Waals surface area contributed by atoms with Crippen LogP contribution < -0.4 is 5.73 Å². The molecule has 2 N–H and O–H groups in total. The number of hydrogen-bond acceptors (Lipinski definition) is 3. The first-order valence-corrected chi connectivity index (χ1v) is 8.48. The molecule has 1 saturated carbocycles. The molecule has 2 fully saturated rings. The largest absolute Gasteiger partial charge is 0.367 e. The van der Waals surface area contributed by atoms with Crippen LogP contribution in [0.15, 0.2) is 24.3 Å². The lowest BCUT2D eigenvalue weighted by Gasteiger charge is -2.39. The van der Waals surface area contributed by atoms with Crippen molar-refractivity contribution in [3.8, 4) is 0 Å². The first-order chi connectivity index (χ1) is 11.1. The van der Waals surface area contributed by atoms with E-state index in [-0.39, 0.29) is 42.3 Å². The minimum Gasteiger partial charge on any atom is -0.367 e. The predicted molar refractivity (Wildman–Crippen MR) is 93.4 cm³/mol. The molecule has 1 saturated heterocycles. The van der Waals surface area contributed by atoms with Crippen molar-refractivity contribution in [2.24, 2.45) is 17.6 Å². The van der Waals surface area contributed by atoms with E-state index in [1.807, 2.05) is 11.8 Å². The van der Waals surface area contributed by atoms with E-state index in [4.69, 9.17) is 10.5 Å². The normalized spacial score (nSPS) is 30.0. The molecule has 1 aliphatic carbocycles. The fourth-order valence-electron chi connectivity index (χ4n) is 3.87. The molecule has 0 radical (unpaired) electrons. The molecule has 4 nitrogen and oxygen atoms in total. The summed E-state index contributed by atoms with van der Waals surface area (Å²) in [4.78, 5) is 14.8. The number of amides is 1. The monoisotopic (exact) mass is 356 g/mol. The third kappa shape index (κ3) is 4.08. The molecule has 0 aromatic heterocycles. The summed E-state index contributed by atoms with van der Waals surface area (Å²) in [5, 5.41) is 0. The quantitative estimate of drug-likeness (QED) is 0.906. The zero-order valence-electron chi connectivity index (χ0n) is 14.0. The van der Waals surface area contributed by atoms with Crippen LogP contribution in [-0.2, 0) is 9.53 Å². The lowest BCUT2D eigenvalue weighted by molar-refractivity contribution is -0.150. The van der Waals surface area contributed by atoms with Crippen molar-refractivity contribution in [1.82, 2.24) is 4.90 Å². The van der Waals surface area contributed by atoms with Crippen molar-refractivity contribution in [1.29, 1.82) is 0 Å². The zero-order chi connectivity index (χ0) is 16.4. The predicted octanol–water partition coefficient (Wildman–Crippen LogP) is 2.91. The summed E-state index contributed by atoms with van der Waals surface area (Å²) in [6.45, 7) is 3.70. The second-order valence-corrected chi connectivity index (χ2v) is 6.76. The molecular weight excluding hydrogens is 331 g/mol. The Balaban J connectivity index is 0.00000208. The number of hydrogen-bond donors (Lipinski definition) is 1. The van der Waals surface area contributed by atoms with Crippen molar-refractivity contribution < 1.29 is 13.9 Å². The smallest absolute Gasteiger partial charge is 0.226 e. The number of rotatable bonds is 3. The molecule has 2 aliphatic rings. The van der Waals surface area contributed by atoms with Gasteiger partial charge in [0.15, 0.2) is 0 Å². The summed E-state index contributed by atoms with van der Waals surface area (Å²) in [5.74, 6) is 0.312. The van der Waals surface area contributed by atoms with Gasteiger partial charge in [-0.1, -0.05) is 18.6 Å². The van der Waals surface area contributed by atoms with Gasteiger partial charge in [-0.25, -0.2) is 4.39 Å². The molecule has 1 aliphatic heterocycles. The fourth-order valence-corrected chi connectivity index (χ4v) is 3.87. The van der Waals surface area contributed by atoms with Crippen molar-refractivity contribution in [2.75, 3.05) is 19.6 Å². The van der Waals surface area contributed by atoms with Gasteiger partial charge in [-0.3, -0.25) is 4.79 Å². The maximum Gasteiger partial charge on any atom is 0.226 e. The highest BCUT2D eigenvalue weighted by Gasteiger charge is 2.38. The number of ether oxygens (including phenoxy) is 1. The van der Waals surface area contributed by atoms with Crippen LogP contribution in [0.2, 0.25) is 0 Å². The standard InChI is InChI=1S/C18H25FN2O2.ClH/c1-12-10-21(18(22)16-4-2-3-14(16)9-20)11-17(23-12)13-5-7-15(19)8-6-13;/h5-8,12,14,16-17H,2-4,9-11,20H2,1H3;1H/t12?,14-,16-,17?;/m1./s1. The molecule has 24 heavy (non-hydrogen) atoms. The van der Waals surface area contributed by atoms with Gasteiger partial charge in [-0.2, -0.15) is 0 Å². The molecule has 134 valence electrons. The van der Waals surface area contributed by atoms with Crippen LogP contribution >= 0.6 is 12.4 Å². The van der Waals surface area contributed by atoms with Gasteiger partial charge in [-0.15, -0.1) is 12.4 Å². The number of carbonyl (C=O) groups is 1. The van der Waals surface area contributed by atoms with Crippen molar-refractivity contribution in [3.05, 3.63) is 35.6 Å². The number of nitrogens with two attached hydrogens (primary N) is 1. The molecule has 4 atom stereocenters. The number of halogens is 2. The van der Waals surface area contributed by atoms with Crippen LogP contribution in [0.25, 0.3) is 0 Å². The Bertz CT molecular complexity index is 554. The molecule has 1 amide bonds. The van der Waals surface area contributed by atoms with Crippen LogP contribution in [0.1, 0.15) is 37.9 Å². The van der Waals surface area contributed by atoms with Crippen LogP contribution in [0.4, 0.5) is 4.39 Å². The summed E-state index contributed by atoms with van der Waals surface area (Å²) in [6, 6.07) is 6.34. The van der Waals surface area contributed by atoms with Gasteiger partial charge in [0.1, 0.15) is 11.9 Å². The van der Waals surface area contributed by atoms with Crippen LogP contribution in [0, 0.1) is 17.7 Å². The molecule has 0 spiro atoms. The Morgan fingerprint density at radius 1 is 1.29 bits per heavy atom. The highest BCUT2D eigenvalue weighted by molar-refractivity contribution is 5.85. The van der Waals surface area contributed by atoms with Gasteiger partial charge in [0.05, 0.1) is 12.6 Å². The van der Waals surface area contributed by atoms with Crippen molar-refractivity contribution >= 4 is 18.3 Å². The average Bonchev–Trinajstić information content (AvgIpc) is 3.02. The molecular formula is C18H26ClFN2O2. The van der Waals surface area contributed by atoms with Crippen molar-refractivity contribution in [2.45, 2.75) is 38.4 Å². The Hall–Kier alpha value is -1.17. The van der Waals surface area contributed by atoms with Gasteiger partial charge in [-0.05, 0) is 49.9 Å². The maximum absolute atomic E-state index is 13.1. The molecule has 1 heterocycles. The van der Waals surface area contributed by atoms with Crippen LogP contribution in [0.5, 0.6) is 0 Å². The summed E-state index contributed by atoms with van der Waals surface area (Å²) in [7, 11) is 0. The molecule has 0 bridgehead atoms. The molecule has 6 heteroatoms. The minimum absolute atomic E-state index is 0. The lowest BCUT2D eigenvalue weighted by atomic mass is 9.94. The lowest BCUT2D eigenvalue weighted by Crippen LogP contribution is -2.49. The number of benzene rings is 1. The highest BCUT2D eigenvalue weighted by Crippen LogP contribution is 2.34. The summed E-state index contributed by atoms with van der Waals surface area (Å²) in [5.41, 5.74) is 6.73. The van der Waals surface area contributed by atoms with Gasteiger partial charge >= 0.3 is 0 Å². The van der Waals surface area contributed by atoms with E-state index in [1.54, 1.807) is 12.1 Å². The van der Waals surface area contributed by atoms with Crippen LogP contribution in [-0.4, -0.2) is 36.5 Å². The first-order valence-electron chi connectivity index (χ1n) is 8.48. The summed E-state index contributed by atoms with van der Waals surface area (Å²) < 4.78 is 19.1. The van der Waals surface area contributed by atoms with Crippen LogP contribution in [0.3, 0.4) is 0 Å². The minimum atomic E-state index is -0.262. The van der Waals surface area contributed by atoms with Gasteiger partial charge in [0.2, 0.25) is 5.91 Å². The second-order valence-electron chi connectivity index (χ2n) is 6.76. The Kier molecular flexibility index (Phi) is 6.61. The van der Waals surface area contributed by atoms with Gasteiger partial charge in [0.25, 0.3) is 0 Å². The number of morpholine rings is 1. The van der Waals surface area contributed by atoms with E-state index in [9.17, 15) is 9.18 Å². The van der Waals surface area contributed by atoms with E-state index in [2.05, 4.69) is 0 Å². The van der Waals surface area contributed by atoms with E-state index < -0.39 is 0 Å². The second kappa shape index (κ2) is 8.28. The topological polar surface area (TPSA) is 55.6 Å². The first kappa shape index (κ1) is 19.2. The number of carbonyl (C=O) groups excluding carboxylic acids is 1. The van der Waals surface area contributed by atoms with Gasteiger partial charge in [0, 0.05) is 12.5 Å². The SMILES string of the molecule is CC1CN(C(=O)[C@@H]2CCC[C@@H]2CN)CC(c2ccc(F)cc2)O1.Cl. The van der Waals surface area contributed by atoms with Gasteiger partial charge < -0.3 is 15.4 Å². The molecule has 3 rings (SSSR count). The Labute approximate surface area is 148 Å². The Morgan fingerprint density at radius 3 is 2.67 bits per heavy atom. The van der Waals surface area contributed by atoms with E-state index in [1.165, 1.54) is 12.1 Å². The summed E-state index contributed by atoms with van der Waals surface area (Å²) in [6.07, 6.45) is 2.85. The third-order valence-corrected chi connectivity index (χ3v) is 5.09. The third-order valence-electron chi connectivity index (χ3n) is 5.09. The Morgan fingerprint density at radius 2 is 2.00 bits per heavy atom. The molecule has 1 aromatic carbocycles. The van der Waals surface area contributed by atoms with E-state index >= 15 is 0 Å². The molecule has 1 aromatic rings. The zero-order valence-corrected chi connectivity index (χ0v) is 14.8. The highest BCUT2D eigenvalue weighted by atomic mass is 35.5. The van der Waals surface area contributed by atoms with Crippen molar-refractivity contribution in [3.63, 3.8) is 0 Å². The van der Waals surface area contributed by atoms with E-state index in [0.717, 1.165) is 24.8 Å². The summed E-state index contributed by atoms with van der Waals surface area (Å²) >= 11 is 0. The maximum atomic E-state index is 13.1. The number of nitrogens with zero attached hydrogens (tertiary/aromatic N) is 1. The fraction of sp³-hybridized carbons (Fsp3) is 0.611.